The number of nitrogens with zero attached hydrogens (tertiary/aromatic N) is 2. The third-order valence-electron chi connectivity index (χ3n) is 5.91. The van der Waals surface area contributed by atoms with Crippen LogP contribution < -0.4 is 15.5 Å². The second-order valence-electron chi connectivity index (χ2n) is 8.04. The quantitative estimate of drug-likeness (QED) is 0.742. The Hall–Kier alpha value is -2.86. The maximum Gasteiger partial charge on any atom is 0.240 e. The lowest BCUT2D eigenvalue weighted by Gasteiger charge is -2.34. The summed E-state index contributed by atoms with van der Waals surface area (Å²) in [5.74, 6) is -0.400. The van der Waals surface area contributed by atoms with E-state index < -0.39 is 5.41 Å². The van der Waals surface area contributed by atoms with Gasteiger partial charge in [0.2, 0.25) is 11.8 Å². The van der Waals surface area contributed by atoms with E-state index in [0.29, 0.717) is 19.4 Å². The normalized spacial score (nSPS) is 18.2. The zero-order chi connectivity index (χ0) is 20.3. The van der Waals surface area contributed by atoms with Gasteiger partial charge < -0.3 is 20.4 Å². The number of likely N-dealkylation sites (N-methyl/N-ethyl adjacent to an activating group) is 1. The molecule has 6 heteroatoms. The van der Waals surface area contributed by atoms with Crippen molar-refractivity contribution < 1.29 is 9.59 Å². The minimum Gasteiger partial charge on any atom is -0.369 e. The number of piperazine rings is 1. The number of carbonyl (C=O) groups excluding carboxylic acids is 2. The Morgan fingerprint density at radius 1 is 0.897 bits per heavy atom. The van der Waals surface area contributed by atoms with Crippen molar-refractivity contribution in [3.05, 3.63) is 60.2 Å². The number of hydrogen-bond donors (Lipinski definition) is 2. The number of carbonyl (C=O) groups is 2. The molecule has 2 aliphatic rings. The van der Waals surface area contributed by atoms with E-state index in [4.69, 9.17) is 0 Å². The van der Waals surface area contributed by atoms with Gasteiger partial charge in [0, 0.05) is 44.1 Å². The van der Waals surface area contributed by atoms with Crippen LogP contribution in [-0.2, 0) is 16.1 Å². The predicted octanol–water partition coefficient (Wildman–Crippen LogP) is 2.47. The minimum atomic E-state index is -0.926. The van der Waals surface area contributed by atoms with E-state index in [-0.39, 0.29) is 11.8 Å². The highest BCUT2D eigenvalue weighted by Crippen LogP contribution is 2.47. The van der Waals surface area contributed by atoms with Gasteiger partial charge in [-0.05, 0) is 49.7 Å². The maximum atomic E-state index is 12.8. The fourth-order valence-corrected chi connectivity index (χ4v) is 3.70. The van der Waals surface area contributed by atoms with Crippen LogP contribution >= 0.6 is 0 Å². The number of amides is 2. The van der Waals surface area contributed by atoms with Crippen LogP contribution in [0.15, 0.2) is 54.6 Å². The molecule has 1 aliphatic carbocycles. The van der Waals surface area contributed by atoms with Crippen molar-refractivity contribution in [1.82, 2.24) is 10.2 Å². The maximum absolute atomic E-state index is 12.8. The summed E-state index contributed by atoms with van der Waals surface area (Å²) in [5, 5.41) is 5.85. The van der Waals surface area contributed by atoms with Gasteiger partial charge in [-0.2, -0.15) is 0 Å². The molecule has 0 atom stereocenters. The van der Waals surface area contributed by atoms with Gasteiger partial charge in [0.05, 0.1) is 0 Å². The lowest BCUT2D eigenvalue weighted by Crippen LogP contribution is -2.44. The first kappa shape index (κ1) is 19.5. The summed E-state index contributed by atoms with van der Waals surface area (Å²) >= 11 is 0. The average Bonchev–Trinajstić information content (AvgIpc) is 3.56. The van der Waals surface area contributed by atoms with Crippen LogP contribution in [0.5, 0.6) is 0 Å². The Morgan fingerprint density at radius 2 is 1.55 bits per heavy atom. The SMILES string of the molecule is CN1CCN(c2ccc(NC(=O)C3(C(=O)NCc4ccccc4)CC3)cc2)CC1. The van der Waals surface area contributed by atoms with Crippen LogP contribution in [0.1, 0.15) is 18.4 Å². The summed E-state index contributed by atoms with van der Waals surface area (Å²) in [6.45, 7) is 4.56. The van der Waals surface area contributed by atoms with Crippen molar-refractivity contribution in [2.75, 3.05) is 43.4 Å². The van der Waals surface area contributed by atoms with E-state index in [9.17, 15) is 9.59 Å². The molecule has 1 saturated heterocycles. The van der Waals surface area contributed by atoms with Gasteiger partial charge in [-0.1, -0.05) is 30.3 Å². The number of anilines is 2. The Labute approximate surface area is 171 Å². The molecule has 1 saturated carbocycles. The first-order valence-electron chi connectivity index (χ1n) is 10.2. The molecule has 0 unspecified atom stereocenters. The molecule has 2 aromatic rings. The van der Waals surface area contributed by atoms with Crippen molar-refractivity contribution in [2.24, 2.45) is 5.41 Å². The summed E-state index contributed by atoms with van der Waals surface area (Å²) < 4.78 is 0. The second-order valence-corrected chi connectivity index (χ2v) is 8.04. The molecule has 0 spiro atoms. The molecule has 0 radical (unpaired) electrons. The van der Waals surface area contributed by atoms with Gasteiger partial charge in [0.1, 0.15) is 5.41 Å². The van der Waals surface area contributed by atoms with Crippen LogP contribution in [0.4, 0.5) is 11.4 Å². The zero-order valence-corrected chi connectivity index (χ0v) is 16.9. The van der Waals surface area contributed by atoms with E-state index >= 15 is 0 Å². The third kappa shape index (κ3) is 4.43. The Kier molecular flexibility index (Phi) is 5.53. The lowest BCUT2D eigenvalue weighted by atomic mass is 10.0. The smallest absolute Gasteiger partial charge is 0.240 e. The topological polar surface area (TPSA) is 64.7 Å². The number of benzene rings is 2. The summed E-state index contributed by atoms with van der Waals surface area (Å²) in [6.07, 6.45) is 1.19. The molecule has 1 heterocycles. The van der Waals surface area contributed by atoms with Gasteiger partial charge >= 0.3 is 0 Å². The first-order chi connectivity index (χ1) is 14.1. The molecule has 0 aromatic heterocycles. The largest absolute Gasteiger partial charge is 0.369 e. The molecule has 152 valence electrons. The van der Waals surface area contributed by atoms with Crippen LogP contribution in [0.2, 0.25) is 0 Å². The first-order valence-corrected chi connectivity index (χ1v) is 10.2. The molecule has 6 nitrogen and oxygen atoms in total. The van der Waals surface area contributed by atoms with Crippen molar-refractivity contribution in [3.63, 3.8) is 0 Å². The molecule has 1 aliphatic heterocycles. The van der Waals surface area contributed by atoms with Gasteiger partial charge in [0.15, 0.2) is 0 Å². The summed E-state index contributed by atoms with van der Waals surface area (Å²) in [5.41, 5.74) is 2.00. The van der Waals surface area contributed by atoms with Gasteiger partial charge in [0.25, 0.3) is 0 Å². The van der Waals surface area contributed by atoms with Crippen molar-refractivity contribution in [3.8, 4) is 0 Å². The van der Waals surface area contributed by atoms with E-state index in [1.807, 2.05) is 54.6 Å². The van der Waals surface area contributed by atoms with E-state index in [0.717, 1.165) is 43.1 Å². The van der Waals surface area contributed by atoms with Crippen molar-refractivity contribution in [1.29, 1.82) is 0 Å². The highest BCUT2D eigenvalue weighted by molar-refractivity contribution is 6.13. The Balaban J connectivity index is 1.33. The van der Waals surface area contributed by atoms with Crippen LogP contribution in [-0.4, -0.2) is 49.9 Å². The minimum absolute atomic E-state index is 0.187. The number of nitrogens with one attached hydrogen (secondary N) is 2. The van der Waals surface area contributed by atoms with Gasteiger partial charge in [-0.3, -0.25) is 9.59 Å². The van der Waals surface area contributed by atoms with Crippen LogP contribution in [0.25, 0.3) is 0 Å². The van der Waals surface area contributed by atoms with Crippen molar-refractivity contribution >= 4 is 23.2 Å². The Morgan fingerprint density at radius 3 is 2.17 bits per heavy atom. The lowest BCUT2D eigenvalue weighted by molar-refractivity contribution is -0.134. The Bertz CT molecular complexity index is 854. The summed E-state index contributed by atoms with van der Waals surface area (Å²) in [4.78, 5) is 30.1. The van der Waals surface area contributed by atoms with E-state index in [1.54, 1.807) is 0 Å². The second kappa shape index (κ2) is 8.25. The van der Waals surface area contributed by atoms with E-state index in [1.165, 1.54) is 0 Å². The molecule has 2 fully saturated rings. The molecule has 2 amide bonds. The standard InChI is InChI=1S/C23H28N4O2/c1-26-13-15-27(16-14-26)20-9-7-19(8-10-20)25-22(29)23(11-12-23)21(28)24-17-18-5-3-2-4-6-18/h2-10H,11-17H2,1H3,(H,24,28)(H,25,29). The highest BCUT2D eigenvalue weighted by Gasteiger charge is 2.56. The highest BCUT2D eigenvalue weighted by atomic mass is 16.2. The molecule has 4 rings (SSSR count). The molecule has 29 heavy (non-hydrogen) atoms. The number of hydrogen-bond acceptors (Lipinski definition) is 4. The third-order valence-corrected chi connectivity index (χ3v) is 5.91. The summed E-state index contributed by atoms with van der Waals surface area (Å²) in [6, 6.07) is 17.7. The zero-order valence-electron chi connectivity index (χ0n) is 16.9. The van der Waals surface area contributed by atoms with Crippen LogP contribution in [0, 0.1) is 5.41 Å². The molecule has 0 bridgehead atoms. The summed E-state index contributed by atoms with van der Waals surface area (Å²) in [7, 11) is 2.14. The van der Waals surface area contributed by atoms with Gasteiger partial charge in [-0.15, -0.1) is 0 Å². The predicted molar refractivity (Wildman–Crippen MR) is 115 cm³/mol. The van der Waals surface area contributed by atoms with Crippen LogP contribution in [0.3, 0.4) is 0 Å². The molecular formula is C23H28N4O2. The molecule has 2 aromatic carbocycles. The fraction of sp³-hybridized carbons (Fsp3) is 0.391. The van der Waals surface area contributed by atoms with E-state index in [2.05, 4.69) is 27.5 Å². The monoisotopic (exact) mass is 392 g/mol. The fourth-order valence-electron chi connectivity index (χ4n) is 3.70. The average molecular weight is 393 g/mol. The van der Waals surface area contributed by atoms with Gasteiger partial charge in [-0.25, -0.2) is 0 Å². The van der Waals surface area contributed by atoms with Crippen molar-refractivity contribution in [2.45, 2.75) is 19.4 Å². The number of rotatable bonds is 6. The molecule has 2 N–H and O–H groups in total. The molecular weight excluding hydrogens is 364 g/mol.